The summed E-state index contributed by atoms with van der Waals surface area (Å²) in [5, 5.41) is 12.4. The first-order valence-corrected chi connectivity index (χ1v) is 7.53. The number of nitrogens with one attached hydrogen (secondary N) is 1. The van der Waals surface area contributed by atoms with E-state index < -0.39 is 5.97 Å². The Labute approximate surface area is 134 Å². The normalized spacial score (nSPS) is 16.3. The molecule has 0 radical (unpaired) electrons. The second-order valence-electron chi connectivity index (χ2n) is 5.44. The van der Waals surface area contributed by atoms with Gasteiger partial charge in [0.1, 0.15) is 5.75 Å². The van der Waals surface area contributed by atoms with E-state index in [0.717, 1.165) is 29.0 Å². The average molecular weight is 313 g/mol. The van der Waals surface area contributed by atoms with Gasteiger partial charge in [0.2, 0.25) is 0 Å². The quantitative estimate of drug-likeness (QED) is 0.884. The molecule has 2 aromatic rings. The van der Waals surface area contributed by atoms with Crippen LogP contribution < -0.4 is 10.1 Å². The molecule has 3 rings (SSSR count). The predicted octanol–water partition coefficient (Wildman–Crippen LogP) is 3.47. The molecule has 1 heterocycles. The topological polar surface area (TPSA) is 67.8 Å². The Balaban J connectivity index is 1.79. The summed E-state index contributed by atoms with van der Waals surface area (Å²) in [6, 6.07) is 12.8. The first kappa shape index (κ1) is 15.4. The van der Waals surface area contributed by atoms with Crippen molar-refractivity contribution in [2.75, 3.05) is 19.0 Å². The largest absolute Gasteiger partial charge is 0.491 e. The summed E-state index contributed by atoms with van der Waals surface area (Å²) in [4.78, 5) is 11.0. The van der Waals surface area contributed by atoms with Crippen molar-refractivity contribution < 1.29 is 19.4 Å². The minimum atomic E-state index is -0.921. The molecule has 0 spiro atoms. The third kappa shape index (κ3) is 3.29. The van der Waals surface area contributed by atoms with Gasteiger partial charge in [-0.1, -0.05) is 24.3 Å². The van der Waals surface area contributed by atoms with Crippen molar-refractivity contribution in [3.05, 3.63) is 59.2 Å². The monoisotopic (exact) mass is 313 g/mol. The van der Waals surface area contributed by atoms with E-state index in [-0.39, 0.29) is 11.7 Å². The van der Waals surface area contributed by atoms with Gasteiger partial charge in [0.25, 0.3) is 0 Å². The Morgan fingerprint density at radius 2 is 2.17 bits per heavy atom. The van der Waals surface area contributed by atoms with E-state index in [4.69, 9.17) is 14.6 Å². The molecule has 23 heavy (non-hydrogen) atoms. The van der Waals surface area contributed by atoms with Gasteiger partial charge in [0, 0.05) is 25.6 Å². The molecule has 0 aromatic heterocycles. The van der Waals surface area contributed by atoms with Gasteiger partial charge in [0.05, 0.1) is 24.0 Å². The second kappa shape index (κ2) is 6.71. The Kier molecular flexibility index (Phi) is 4.48. The summed E-state index contributed by atoms with van der Waals surface area (Å²) in [6.45, 7) is 1.15. The van der Waals surface area contributed by atoms with Crippen molar-refractivity contribution in [2.45, 2.75) is 19.1 Å². The standard InChI is InChI=1S/C18H19NO4/c1-22-16-8-9-23-17-14(16)6-3-7-15(17)19-11-12-4-2-5-13(10-12)18(20)21/h2-7,10,16,19H,8-9,11H2,1H3,(H,20,21). The van der Waals surface area contributed by atoms with Crippen LogP contribution in [0.25, 0.3) is 0 Å². The highest BCUT2D eigenvalue weighted by atomic mass is 16.5. The molecule has 120 valence electrons. The molecular formula is C18H19NO4. The van der Waals surface area contributed by atoms with E-state index in [0.29, 0.717) is 13.2 Å². The van der Waals surface area contributed by atoms with Crippen LogP contribution in [0.1, 0.15) is 34.0 Å². The van der Waals surface area contributed by atoms with Crippen LogP contribution in [0, 0.1) is 0 Å². The summed E-state index contributed by atoms with van der Waals surface area (Å²) in [6.07, 6.45) is 0.893. The van der Waals surface area contributed by atoms with Crippen LogP contribution in [0.5, 0.6) is 5.75 Å². The van der Waals surface area contributed by atoms with Gasteiger partial charge in [-0.15, -0.1) is 0 Å². The lowest BCUT2D eigenvalue weighted by Crippen LogP contribution is -2.17. The van der Waals surface area contributed by atoms with Crippen LogP contribution >= 0.6 is 0 Å². The first-order valence-electron chi connectivity index (χ1n) is 7.53. The van der Waals surface area contributed by atoms with E-state index in [1.165, 1.54) is 0 Å². The number of carboxylic acid groups (broad SMARTS) is 1. The van der Waals surface area contributed by atoms with Crippen molar-refractivity contribution in [2.24, 2.45) is 0 Å². The molecule has 0 aliphatic carbocycles. The number of carbonyl (C=O) groups is 1. The van der Waals surface area contributed by atoms with Crippen LogP contribution in [0.15, 0.2) is 42.5 Å². The van der Waals surface area contributed by atoms with Crippen molar-refractivity contribution in [3.63, 3.8) is 0 Å². The van der Waals surface area contributed by atoms with E-state index in [2.05, 4.69) is 5.32 Å². The number of hydrogen-bond donors (Lipinski definition) is 2. The Morgan fingerprint density at radius 3 is 2.96 bits per heavy atom. The summed E-state index contributed by atoms with van der Waals surface area (Å²) in [5.41, 5.74) is 3.13. The van der Waals surface area contributed by atoms with Gasteiger partial charge >= 0.3 is 5.97 Å². The number of ether oxygens (including phenoxy) is 2. The van der Waals surface area contributed by atoms with E-state index in [9.17, 15) is 4.79 Å². The number of benzene rings is 2. The lowest BCUT2D eigenvalue weighted by atomic mass is 10.0. The third-order valence-corrected chi connectivity index (χ3v) is 3.96. The number of anilines is 1. The van der Waals surface area contributed by atoms with Crippen LogP contribution in [-0.2, 0) is 11.3 Å². The molecule has 1 aliphatic rings. The number of para-hydroxylation sites is 1. The number of carboxylic acids is 1. The molecule has 2 aromatic carbocycles. The molecule has 0 fully saturated rings. The average Bonchev–Trinajstić information content (AvgIpc) is 2.59. The fourth-order valence-electron chi connectivity index (χ4n) is 2.79. The third-order valence-electron chi connectivity index (χ3n) is 3.96. The zero-order valence-corrected chi connectivity index (χ0v) is 12.9. The van der Waals surface area contributed by atoms with Crippen LogP contribution in [0.4, 0.5) is 5.69 Å². The zero-order valence-electron chi connectivity index (χ0n) is 12.9. The minimum Gasteiger partial charge on any atom is -0.491 e. The van der Waals surface area contributed by atoms with Gasteiger partial charge in [0.15, 0.2) is 0 Å². The summed E-state index contributed by atoms with van der Waals surface area (Å²) >= 11 is 0. The number of methoxy groups -OCH3 is 1. The number of fused-ring (bicyclic) bond motifs is 1. The van der Waals surface area contributed by atoms with Crippen LogP contribution in [-0.4, -0.2) is 24.8 Å². The van der Waals surface area contributed by atoms with E-state index in [1.54, 1.807) is 25.3 Å². The number of rotatable bonds is 5. The van der Waals surface area contributed by atoms with Crippen molar-refractivity contribution in [1.29, 1.82) is 0 Å². The molecule has 1 unspecified atom stereocenters. The van der Waals surface area contributed by atoms with E-state index >= 15 is 0 Å². The van der Waals surface area contributed by atoms with Crippen molar-refractivity contribution in [3.8, 4) is 5.75 Å². The van der Waals surface area contributed by atoms with Crippen molar-refractivity contribution >= 4 is 11.7 Å². The maximum Gasteiger partial charge on any atom is 0.335 e. The molecule has 1 aliphatic heterocycles. The molecule has 0 saturated carbocycles. The highest BCUT2D eigenvalue weighted by molar-refractivity contribution is 5.87. The Morgan fingerprint density at radius 1 is 1.35 bits per heavy atom. The first-order chi connectivity index (χ1) is 11.2. The molecule has 1 atom stereocenters. The number of aromatic carboxylic acids is 1. The zero-order chi connectivity index (χ0) is 16.2. The molecule has 0 saturated heterocycles. The maximum atomic E-state index is 11.0. The van der Waals surface area contributed by atoms with Gasteiger partial charge < -0.3 is 19.9 Å². The predicted molar refractivity (Wildman–Crippen MR) is 87.0 cm³/mol. The smallest absolute Gasteiger partial charge is 0.335 e. The van der Waals surface area contributed by atoms with E-state index in [1.807, 2.05) is 24.3 Å². The minimum absolute atomic E-state index is 0.0517. The molecule has 5 heteroatoms. The van der Waals surface area contributed by atoms with Gasteiger partial charge in [-0.2, -0.15) is 0 Å². The molecule has 0 amide bonds. The van der Waals surface area contributed by atoms with Gasteiger partial charge in [-0.25, -0.2) is 4.79 Å². The maximum absolute atomic E-state index is 11.0. The fraction of sp³-hybridized carbons (Fsp3) is 0.278. The van der Waals surface area contributed by atoms with Crippen LogP contribution in [0.3, 0.4) is 0 Å². The lowest BCUT2D eigenvalue weighted by Gasteiger charge is -2.27. The van der Waals surface area contributed by atoms with Gasteiger partial charge in [-0.05, 0) is 23.8 Å². The highest BCUT2D eigenvalue weighted by Crippen LogP contribution is 2.39. The van der Waals surface area contributed by atoms with Crippen molar-refractivity contribution in [1.82, 2.24) is 0 Å². The fourth-order valence-corrected chi connectivity index (χ4v) is 2.79. The SMILES string of the molecule is COC1CCOc2c(NCc3cccc(C(=O)O)c3)cccc21. The summed E-state index contributed by atoms with van der Waals surface area (Å²) in [7, 11) is 1.71. The molecular weight excluding hydrogens is 294 g/mol. The Bertz CT molecular complexity index is 714. The molecule has 0 bridgehead atoms. The highest BCUT2D eigenvalue weighted by Gasteiger charge is 2.23. The Hall–Kier alpha value is -2.53. The second-order valence-corrected chi connectivity index (χ2v) is 5.44. The van der Waals surface area contributed by atoms with Gasteiger partial charge in [-0.3, -0.25) is 0 Å². The lowest BCUT2D eigenvalue weighted by molar-refractivity contribution is 0.0639. The molecule has 5 nitrogen and oxygen atoms in total. The summed E-state index contributed by atoms with van der Waals surface area (Å²) in [5.74, 6) is -0.102. The van der Waals surface area contributed by atoms with Crippen LogP contribution in [0.2, 0.25) is 0 Å². The number of hydrogen-bond acceptors (Lipinski definition) is 4. The summed E-state index contributed by atoms with van der Waals surface area (Å²) < 4.78 is 11.3. The molecule has 2 N–H and O–H groups in total.